The van der Waals surface area contributed by atoms with Crippen LogP contribution in [0.5, 0.6) is 11.5 Å². The second-order valence-corrected chi connectivity index (χ2v) is 8.24. The number of benzene rings is 2. The van der Waals surface area contributed by atoms with Crippen LogP contribution in [0.3, 0.4) is 0 Å². The minimum absolute atomic E-state index is 0.242. The molecule has 3 rings (SSSR count). The van der Waals surface area contributed by atoms with Gasteiger partial charge in [0.15, 0.2) is 22.4 Å². The Morgan fingerprint density at radius 2 is 2.03 bits per heavy atom. The van der Waals surface area contributed by atoms with Gasteiger partial charge in [0.25, 0.3) is 5.91 Å². The number of aliphatic carboxylic acids is 1. The van der Waals surface area contributed by atoms with E-state index >= 15 is 0 Å². The fraction of sp³-hybridized carbons (Fsp3) is 0.105. The van der Waals surface area contributed by atoms with Crippen LogP contribution in [0.25, 0.3) is 6.08 Å². The van der Waals surface area contributed by atoms with Crippen molar-refractivity contribution in [3.05, 3.63) is 57.2 Å². The lowest BCUT2D eigenvalue weighted by Crippen LogP contribution is -2.27. The first-order chi connectivity index (χ1) is 13.8. The standard InChI is InChI=1S/C19H13BrFNO5S2/c1-26-14-7-10(6-13(20)17(14)27-9-16(23)24)8-15-18(25)22(19(28)29-15)12-4-2-11(21)3-5-12/h2-8H,9H2,1H3,(H,23,24). The topological polar surface area (TPSA) is 76.1 Å². The van der Waals surface area contributed by atoms with E-state index in [9.17, 15) is 14.0 Å². The molecule has 1 N–H and O–H groups in total. The Labute approximate surface area is 183 Å². The number of thioether (sulfide) groups is 1. The molecule has 29 heavy (non-hydrogen) atoms. The molecule has 1 amide bonds. The third kappa shape index (κ3) is 4.77. The number of amides is 1. The Bertz CT molecular complexity index is 1030. The van der Waals surface area contributed by atoms with Gasteiger partial charge in [-0.05, 0) is 64.0 Å². The lowest BCUT2D eigenvalue weighted by atomic mass is 10.1. The number of carboxylic acids is 1. The molecule has 1 saturated heterocycles. The predicted molar refractivity (Wildman–Crippen MR) is 116 cm³/mol. The van der Waals surface area contributed by atoms with Crippen LogP contribution in [-0.2, 0) is 9.59 Å². The molecule has 0 saturated carbocycles. The van der Waals surface area contributed by atoms with Gasteiger partial charge in [0, 0.05) is 0 Å². The van der Waals surface area contributed by atoms with Crippen molar-refractivity contribution >= 4 is 67.9 Å². The summed E-state index contributed by atoms with van der Waals surface area (Å²) in [7, 11) is 1.42. The monoisotopic (exact) mass is 497 g/mol. The van der Waals surface area contributed by atoms with Crippen LogP contribution >= 0.6 is 39.9 Å². The van der Waals surface area contributed by atoms with Crippen molar-refractivity contribution in [3.63, 3.8) is 0 Å². The van der Waals surface area contributed by atoms with Crippen molar-refractivity contribution in [1.29, 1.82) is 0 Å². The molecule has 1 heterocycles. The minimum Gasteiger partial charge on any atom is -0.493 e. The van der Waals surface area contributed by atoms with Crippen LogP contribution in [0.15, 0.2) is 45.8 Å². The minimum atomic E-state index is -1.12. The Morgan fingerprint density at radius 3 is 2.66 bits per heavy atom. The molecule has 0 bridgehead atoms. The zero-order valence-corrected chi connectivity index (χ0v) is 18.1. The number of anilines is 1. The number of ether oxygens (including phenoxy) is 2. The number of carboxylic acid groups (broad SMARTS) is 1. The van der Waals surface area contributed by atoms with Gasteiger partial charge < -0.3 is 14.6 Å². The van der Waals surface area contributed by atoms with Gasteiger partial charge in [0.2, 0.25) is 0 Å². The van der Waals surface area contributed by atoms with E-state index in [0.717, 1.165) is 11.8 Å². The third-order valence-corrected chi connectivity index (χ3v) is 5.66. The van der Waals surface area contributed by atoms with Crippen LogP contribution in [0, 0.1) is 5.82 Å². The van der Waals surface area contributed by atoms with Gasteiger partial charge in [-0.25, -0.2) is 9.18 Å². The second kappa shape index (κ2) is 8.93. The first kappa shape index (κ1) is 21.3. The fourth-order valence-electron chi connectivity index (χ4n) is 2.53. The molecule has 0 aliphatic carbocycles. The molecule has 0 radical (unpaired) electrons. The summed E-state index contributed by atoms with van der Waals surface area (Å²) in [5, 5.41) is 8.79. The number of nitrogens with zero attached hydrogens (tertiary/aromatic N) is 1. The number of methoxy groups -OCH3 is 1. The maximum absolute atomic E-state index is 13.2. The van der Waals surface area contributed by atoms with Crippen molar-refractivity contribution in [1.82, 2.24) is 0 Å². The lowest BCUT2D eigenvalue weighted by Gasteiger charge is -2.14. The zero-order chi connectivity index (χ0) is 21.1. The Hall–Kier alpha value is -2.43. The van der Waals surface area contributed by atoms with Crippen LogP contribution < -0.4 is 14.4 Å². The second-order valence-electron chi connectivity index (χ2n) is 5.71. The summed E-state index contributed by atoms with van der Waals surface area (Å²) in [5.74, 6) is -1.30. The molecule has 1 aliphatic heterocycles. The van der Waals surface area contributed by atoms with Gasteiger partial charge >= 0.3 is 5.97 Å². The molecule has 0 spiro atoms. The lowest BCUT2D eigenvalue weighted by molar-refractivity contribution is -0.139. The van der Waals surface area contributed by atoms with E-state index in [1.165, 1.54) is 36.3 Å². The smallest absolute Gasteiger partial charge is 0.341 e. The summed E-state index contributed by atoms with van der Waals surface area (Å²) in [5.41, 5.74) is 1.10. The summed E-state index contributed by atoms with van der Waals surface area (Å²) in [4.78, 5) is 25.3. The van der Waals surface area contributed by atoms with Gasteiger partial charge in [-0.1, -0.05) is 24.0 Å². The maximum Gasteiger partial charge on any atom is 0.341 e. The molecule has 2 aromatic carbocycles. The van der Waals surface area contributed by atoms with Crippen LogP contribution in [0.2, 0.25) is 0 Å². The van der Waals surface area contributed by atoms with Gasteiger partial charge in [-0.2, -0.15) is 0 Å². The Kier molecular flexibility index (Phi) is 6.56. The molecule has 1 aliphatic rings. The molecular weight excluding hydrogens is 485 g/mol. The van der Waals surface area contributed by atoms with E-state index in [-0.39, 0.29) is 11.7 Å². The quantitative estimate of drug-likeness (QED) is 0.466. The van der Waals surface area contributed by atoms with E-state index in [0.29, 0.717) is 30.7 Å². The Morgan fingerprint density at radius 1 is 1.34 bits per heavy atom. The summed E-state index contributed by atoms with van der Waals surface area (Å²) in [6.45, 7) is -0.523. The van der Waals surface area contributed by atoms with E-state index in [2.05, 4.69) is 15.9 Å². The summed E-state index contributed by atoms with van der Waals surface area (Å²) in [6.07, 6.45) is 1.64. The van der Waals surface area contributed by atoms with Crippen molar-refractivity contribution in [2.24, 2.45) is 0 Å². The summed E-state index contributed by atoms with van der Waals surface area (Å²) < 4.78 is 24.5. The number of thiocarbonyl (C=S) groups is 1. The first-order valence-electron chi connectivity index (χ1n) is 8.06. The Balaban J connectivity index is 1.90. The average Bonchev–Trinajstić information content (AvgIpc) is 2.94. The molecule has 6 nitrogen and oxygen atoms in total. The SMILES string of the molecule is COc1cc(C=C2SC(=S)N(c3ccc(F)cc3)C2=O)cc(Br)c1OCC(=O)O. The zero-order valence-electron chi connectivity index (χ0n) is 14.8. The fourth-order valence-corrected chi connectivity index (χ4v) is 4.40. The number of hydrogen-bond acceptors (Lipinski definition) is 6. The van der Waals surface area contributed by atoms with E-state index < -0.39 is 18.4 Å². The molecule has 0 atom stereocenters. The van der Waals surface area contributed by atoms with Crippen molar-refractivity contribution in [2.75, 3.05) is 18.6 Å². The van der Waals surface area contributed by atoms with E-state index in [1.807, 2.05) is 0 Å². The normalized spacial score (nSPS) is 15.1. The molecule has 1 fully saturated rings. The molecule has 2 aromatic rings. The number of rotatable bonds is 6. The summed E-state index contributed by atoms with van der Waals surface area (Å²) in [6, 6.07) is 8.77. The third-order valence-electron chi connectivity index (χ3n) is 3.77. The van der Waals surface area contributed by atoms with Gasteiger partial charge in [-0.15, -0.1) is 0 Å². The van der Waals surface area contributed by atoms with Gasteiger partial charge in [0.1, 0.15) is 5.82 Å². The number of carbonyl (C=O) groups is 2. The molecule has 10 heteroatoms. The van der Waals surface area contributed by atoms with Crippen molar-refractivity contribution in [2.45, 2.75) is 0 Å². The highest BCUT2D eigenvalue weighted by Gasteiger charge is 2.33. The number of carbonyl (C=O) groups excluding carboxylic acids is 1. The highest BCUT2D eigenvalue weighted by atomic mass is 79.9. The van der Waals surface area contributed by atoms with Crippen LogP contribution in [0.4, 0.5) is 10.1 Å². The largest absolute Gasteiger partial charge is 0.493 e. The first-order valence-corrected chi connectivity index (χ1v) is 10.1. The van der Waals surface area contributed by atoms with Crippen molar-refractivity contribution in [3.8, 4) is 11.5 Å². The molecule has 0 aromatic heterocycles. The highest BCUT2D eigenvalue weighted by molar-refractivity contribution is 9.10. The summed E-state index contributed by atoms with van der Waals surface area (Å²) >= 11 is 9.76. The van der Waals surface area contributed by atoms with E-state index in [1.54, 1.807) is 18.2 Å². The molecular formula is C19H13BrFNO5S2. The molecule has 0 unspecified atom stereocenters. The van der Waals surface area contributed by atoms with Crippen molar-refractivity contribution < 1.29 is 28.6 Å². The van der Waals surface area contributed by atoms with Gasteiger partial charge in [-0.3, -0.25) is 9.69 Å². The molecule has 150 valence electrons. The van der Waals surface area contributed by atoms with Crippen LogP contribution in [0.1, 0.15) is 5.56 Å². The number of halogens is 2. The predicted octanol–water partition coefficient (Wildman–Crippen LogP) is 4.47. The van der Waals surface area contributed by atoms with Gasteiger partial charge in [0.05, 0.1) is 22.2 Å². The van der Waals surface area contributed by atoms with Crippen LogP contribution in [-0.4, -0.2) is 35.0 Å². The van der Waals surface area contributed by atoms with E-state index in [4.69, 9.17) is 26.8 Å². The highest BCUT2D eigenvalue weighted by Crippen LogP contribution is 2.40. The average molecular weight is 498 g/mol. The maximum atomic E-state index is 13.2. The number of hydrogen-bond donors (Lipinski definition) is 1.